The molecule has 0 saturated carbocycles. The van der Waals surface area contributed by atoms with E-state index < -0.39 is 20.1 Å². The Balaban J connectivity index is 2.87. The lowest BCUT2D eigenvalue weighted by molar-refractivity contribution is -0.145. The zero-order valence-corrected chi connectivity index (χ0v) is 14.6. The fourth-order valence-electron chi connectivity index (χ4n) is 2.43. The number of hydrogen-bond donors (Lipinski definition) is 1. The Labute approximate surface area is 124 Å². The summed E-state index contributed by atoms with van der Waals surface area (Å²) in [6.07, 6.45) is 0.225. The molecule has 0 radical (unpaired) electrons. The van der Waals surface area contributed by atoms with Crippen molar-refractivity contribution < 1.29 is 14.6 Å². The second-order valence-electron chi connectivity index (χ2n) is 7.00. The highest BCUT2D eigenvalue weighted by Gasteiger charge is 2.45. The van der Waals surface area contributed by atoms with Crippen LogP contribution in [-0.4, -0.2) is 31.9 Å². The quantitative estimate of drug-likeness (QED) is 0.493. The number of carbonyl (C=O) groups excluding carboxylic acids is 1. The van der Waals surface area contributed by atoms with Crippen molar-refractivity contribution in [1.29, 1.82) is 0 Å². The molecule has 20 heavy (non-hydrogen) atoms. The van der Waals surface area contributed by atoms with E-state index in [1.807, 2.05) is 20.8 Å². The van der Waals surface area contributed by atoms with Crippen molar-refractivity contribution in [3.05, 3.63) is 0 Å². The van der Waals surface area contributed by atoms with Gasteiger partial charge < -0.3 is 9.84 Å². The Hall–Kier alpha value is -0.793. The molecular formula is C16H28O3Si. The average molecular weight is 296 g/mol. The number of rotatable bonds is 4. The first-order valence-corrected chi connectivity index (χ1v) is 11.0. The molecule has 5 atom stereocenters. The summed E-state index contributed by atoms with van der Waals surface area (Å²) in [4.78, 5) is 11.9. The molecule has 1 aliphatic rings. The molecule has 1 N–H and O–H groups in total. The highest BCUT2D eigenvalue weighted by molar-refractivity contribution is 6.83. The Morgan fingerprint density at radius 2 is 2.00 bits per heavy atom. The van der Waals surface area contributed by atoms with E-state index in [4.69, 9.17) is 4.74 Å². The summed E-state index contributed by atoms with van der Waals surface area (Å²) in [5, 5.41) is 10.4. The van der Waals surface area contributed by atoms with Crippen LogP contribution in [0.1, 0.15) is 27.2 Å². The van der Waals surface area contributed by atoms with Crippen LogP contribution in [0.5, 0.6) is 0 Å². The van der Waals surface area contributed by atoms with Gasteiger partial charge in [0.25, 0.3) is 0 Å². The maximum atomic E-state index is 11.9. The van der Waals surface area contributed by atoms with Gasteiger partial charge in [-0.1, -0.05) is 46.8 Å². The minimum atomic E-state index is -1.42. The first-order chi connectivity index (χ1) is 9.17. The van der Waals surface area contributed by atoms with Crippen molar-refractivity contribution in [2.24, 2.45) is 23.7 Å². The van der Waals surface area contributed by atoms with E-state index >= 15 is 0 Å². The minimum Gasteiger partial charge on any atom is -0.465 e. The van der Waals surface area contributed by atoms with Gasteiger partial charge in [0.2, 0.25) is 0 Å². The summed E-state index contributed by atoms with van der Waals surface area (Å²) in [5.74, 6) is 2.81. The molecule has 0 aromatic carbocycles. The highest BCUT2D eigenvalue weighted by Crippen LogP contribution is 2.34. The molecule has 1 rings (SSSR count). The Kier molecular flexibility index (Phi) is 5.85. The molecule has 0 amide bonds. The van der Waals surface area contributed by atoms with Crippen LogP contribution in [0.15, 0.2) is 0 Å². The zero-order chi connectivity index (χ0) is 15.5. The lowest BCUT2D eigenvalue weighted by Crippen LogP contribution is -2.36. The fourth-order valence-corrected chi connectivity index (χ4v) is 3.09. The van der Waals surface area contributed by atoms with Crippen molar-refractivity contribution in [3.63, 3.8) is 0 Å². The normalized spacial score (nSPS) is 27.2. The van der Waals surface area contributed by atoms with Crippen LogP contribution in [0.4, 0.5) is 0 Å². The van der Waals surface area contributed by atoms with E-state index in [0.717, 1.165) is 6.42 Å². The van der Waals surface area contributed by atoms with Gasteiger partial charge in [0.15, 0.2) is 0 Å². The van der Waals surface area contributed by atoms with E-state index in [1.165, 1.54) is 0 Å². The molecule has 0 unspecified atom stereocenters. The molecule has 0 aliphatic carbocycles. The molecule has 1 heterocycles. The van der Waals surface area contributed by atoms with Gasteiger partial charge in [-0.15, -0.1) is 11.5 Å². The number of hydrogen-bond acceptors (Lipinski definition) is 3. The van der Waals surface area contributed by atoms with Crippen LogP contribution in [0.2, 0.25) is 19.6 Å². The second-order valence-corrected chi connectivity index (χ2v) is 11.8. The molecule has 1 fully saturated rings. The standard InChI is InChI=1S/C16H28O3Si/c1-7-11(2)15(17)14-13(10-19-16(14)18)12(3)8-9-20(4,5)6/h11-15,17H,7,10H2,1-6H3/t11-,12+,13+,14-,15-/m1/s1. The molecule has 1 aliphatic heterocycles. The smallest absolute Gasteiger partial charge is 0.312 e. The minimum absolute atomic E-state index is 0.00958. The van der Waals surface area contributed by atoms with Crippen molar-refractivity contribution >= 4 is 14.0 Å². The average Bonchev–Trinajstić information content (AvgIpc) is 2.75. The van der Waals surface area contributed by atoms with E-state index in [-0.39, 0.29) is 23.7 Å². The molecule has 0 spiro atoms. The maximum absolute atomic E-state index is 11.9. The van der Waals surface area contributed by atoms with Gasteiger partial charge in [0.1, 0.15) is 8.07 Å². The van der Waals surface area contributed by atoms with Crippen LogP contribution < -0.4 is 0 Å². The fraction of sp³-hybridized carbons (Fsp3) is 0.812. The second kappa shape index (κ2) is 6.78. The first kappa shape index (κ1) is 17.3. The van der Waals surface area contributed by atoms with Crippen LogP contribution >= 0.6 is 0 Å². The van der Waals surface area contributed by atoms with Gasteiger partial charge in [0.05, 0.1) is 18.6 Å². The molecule has 0 bridgehead atoms. The number of esters is 1. The van der Waals surface area contributed by atoms with Crippen molar-refractivity contribution in [2.75, 3.05) is 6.61 Å². The largest absolute Gasteiger partial charge is 0.465 e. The van der Waals surface area contributed by atoms with Gasteiger partial charge >= 0.3 is 5.97 Å². The van der Waals surface area contributed by atoms with Crippen molar-refractivity contribution in [2.45, 2.75) is 52.9 Å². The molecular weight excluding hydrogens is 268 g/mol. The van der Waals surface area contributed by atoms with Gasteiger partial charge in [-0.2, -0.15) is 0 Å². The number of ether oxygens (including phenoxy) is 1. The number of aliphatic hydroxyl groups is 1. The number of cyclic esters (lactones) is 1. The summed E-state index contributed by atoms with van der Waals surface area (Å²) in [7, 11) is -1.42. The predicted octanol–water partition coefficient (Wildman–Crippen LogP) is 2.70. The summed E-state index contributed by atoms with van der Waals surface area (Å²) in [6, 6.07) is 0. The first-order valence-electron chi connectivity index (χ1n) is 7.54. The maximum Gasteiger partial charge on any atom is 0.312 e. The molecule has 1 saturated heterocycles. The number of aliphatic hydroxyl groups excluding tert-OH is 1. The third kappa shape index (κ3) is 4.36. The van der Waals surface area contributed by atoms with Crippen molar-refractivity contribution in [3.8, 4) is 11.5 Å². The molecule has 3 nitrogen and oxygen atoms in total. The summed E-state index contributed by atoms with van der Waals surface area (Å²) in [6.45, 7) is 13.0. The van der Waals surface area contributed by atoms with Crippen molar-refractivity contribution in [1.82, 2.24) is 0 Å². The lowest BCUT2D eigenvalue weighted by Gasteiger charge is -2.26. The molecule has 0 aromatic heterocycles. The van der Waals surface area contributed by atoms with E-state index in [1.54, 1.807) is 0 Å². The van der Waals surface area contributed by atoms with E-state index in [0.29, 0.717) is 6.61 Å². The molecule has 114 valence electrons. The van der Waals surface area contributed by atoms with Crippen LogP contribution in [0.3, 0.4) is 0 Å². The topological polar surface area (TPSA) is 46.5 Å². The molecule has 0 aromatic rings. The lowest BCUT2D eigenvalue weighted by atomic mass is 9.78. The Bertz CT molecular complexity index is 402. The Morgan fingerprint density at radius 3 is 2.50 bits per heavy atom. The SMILES string of the molecule is CC[C@@H](C)[C@@H](O)[C@@H]1C(=O)OC[C@H]1[C@@H](C)C#C[Si](C)(C)C. The van der Waals surface area contributed by atoms with E-state index in [2.05, 4.69) is 31.1 Å². The van der Waals surface area contributed by atoms with Gasteiger partial charge in [-0.3, -0.25) is 4.79 Å². The zero-order valence-electron chi connectivity index (χ0n) is 13.6. The summed E-state index contributed by atoms with van der Waals surface area (Å²) >= 11 is 0. The van der Waals surface area contributed by atoms with Crippen LogP contribution in [0, 0.1) is 35.1 Å². The van der Waals surface area contributed by atoms with E-state index in [9.17, 15) is 9.90 Å². The van der Waals surface area contributed by atoms with Gasteiger partial charge in [-0.25, -0.2) is 0 Å². The third-order valence-electron chi connectivity index (χ3n) is 4.06. The highest BCUT2D eigenvalue weighted by atomic mass is 28.3. The predicted molar refractivity (Wildman–Crippen MR) is 83.7 cm³/mol. The summed E-state index contributed by atoms with van der Waals surface area (Å²) in [5.41, 5.74) is 3.36. The number of carbonyl (C=O) groups is 1. The van der Waals surface area contributed by atoms with Crippen LogP contribution in [0.25, 0.3) is 0 Å². The van der Waals surface area contributed by atoms with Crippen LogP contribution in [-0.2, 0) is 9.53 Å². The van der Waals surface area contributed by atoms with Gasteiger partial charge in [-0.05, 0) is 5.92 Å². The third-order valence-corrected chi connectivity index (χ3v) is 4.96. The summed E-state index contributed by atoms with van der Waals surface area (Å²) < 4.78 is 5.19. The van der Waals surface area contributed by atoms with Gasteiger partial charge in [0, 0.05) is 11.8 Å². The monoisotopic (exact) mass is 296 g/mol. The molecule has 4 heteroatoms. The Morgan fingerprint density at radius 1 is 1.40 bits per heavy atom.